The molecular formula is C16H18FIN2O. The Labute approximate surface area is 138 Å². The molecular weight excluding hydrogens is 382 g/mol. The normalized spacial score (nSPS) is 12.2. The van der Waals surface area contributed by atoms with Crippen molar-refractivity contribution in [2.24, 2.45) is 0 Å². The summed E-state index contributed by atoms with van der Waals surface area (Å²) in [5, 5.41) is 3.49. The minimum absolute atomic E-state index is 0.0277. The molecule has 0 amide bonds. The van der Waals surface area contributed by atoms with Gasteiger partial charge < -0.3 is 10.1 Å². The van der Waals surface area contributed by atoms with Gasteiger partial charge in [0.15, 0.2) is 0 Å². The molecule has 2 rings (SSSR count). The third-order valence-corrected chi connectivity index (χ3v) is 4.11. The van der Waals surface area contributed by atoms with Gasteiger partial charge in [-0.25, -0.2) is 4.39 Å². The van der Waals surface area contributed by atoms with Crippen LogP contribution in [0.5, 0.6) is 5.75 Å². The number of methoxy groups -OCH3 is 1. The van der Waals surface area contributed by atoms with Crippen LogP contribution in [-0.4, -0.2) is 18.6 Å². The van der Waals surface area contributed by atoms with Crippen molar-refractivity contribution in [1.29, 1.82) is 0 Å². The van der Waals surface area contributed by atoms with Gasteiger partial charge in [-0.2, -0.15) is 0 Å². The topological polar surface area (TPSA) is 34.2 Å². The van der Waals surface area contributed by atoms with E-state index in [1.165, 1.54) is 6.07 Å². The molecule has 1 atom stereocenters. The Hall–Kier alpha value is -1.21. The van der Waals surface area contributed by atoms with Gasteiger partial charge in [0.25, 0.3) is 0 Å². The van der Waals surface area contributed by atoms with Crippen molar-refractivity contribution in [3.05, 3.63) is 57.2 Å². The maximum absolute atomic E-state index is 13.3. The van der Waals surface area contributed by atoms with Crippen LogP contribution in [0.3, 0.4) is 0 Å². The second-order valence-electron chi connectivity index (χ2n) is 4.71. The van der Waals surface area contributed by atoms with E-state index in [1.54, 1.807) is 19.4 Å². The first-order chi connectivity index (χ1) is 10.2. The molecule has 0 saturated carbocycles. The summed E-state index contributed by atoms with van der Waals surface area (Å²) in [4.78, 5) is 4.22. The third kappa shape index (κ3) is 4.14. The quantitative estimate of drug-likeness (QED) is 0.747. The van der Waals surface area contributed by atoms with Crippen molar-refractivity contribution in [2.45, 2.75) is 19.4 Å². The van der Waals surface area contributed by atoms with Crippen molar-refractivity contribution in [1.82, 2.24) is 10.3 Å². The minimum atomic E-state index is -0.221. The molecule has 0 saturated heterocycles. The highest BCUT2D eigenvalue weighted by Crippen LogP contribution is 2.28. The minimum Gasteiger partial charge on any atom is -0.495 e. The standard InChI is InChI=1S/C16H18FIN2O/c1-3-6-20-16(11-7-13(21-2)10-19-9-11)14-5-4-12(17)8-15(14)18/h4-5,7-10,16,20H,3,6H2,1-2H3. The molecule has 0 aliphatic heterocycles. The molecule has 0 fully saturated rings. The van der Waals surface area contributed by atoms with E-state index in [9.17, 15) is 4.39 Å². The highest BCUT2D eigenvalue weighted by atomic mass is 127. The van der Waals surface area contributed by atoms with Crippen LogP contribution < -0.4 is 10.1 Å². The van der Waals surface area contributed by atoms with Crippen LogP contribution in [0.1, 0.15) is 30.5 Å². The van der Waals surface area contributed by atoms with Crippen molar-refractivity contribution >= 4 is 22.6 Å². The van der Waals surface area contributed by atoms with Crippen molar-refractivity contribution < 1.29 is 9.13 Å². The van der Waals surface area contributed by atoms with E-state index in [4.69, 9.17) is 4.74 Å². The fourth-order valence-corrected chi connectivity index (χ4v) is 2.93. The summed E-state index contributed by atoms with van der Waals surface area (Å²) >= 11 is 2.17. The van der Waals surface area contributed by atoms with Crippen LogP contribution in [0.4, 0.5) is 4.39 Å². The van der Waals surface area contributed by atoms with E-state index in [1.807, 2.05) is 18.3 Å². The van der Waals surface area contributed by atoms with E-state index in [-0.39, 0.29) is 11.9 Å². The molecule has 1 aromatic heterocycles. The summed E-state index contributed by atoms with van der Waals surface area (Å²) in [5.41, 5.74) is 2.05. The van der Waals surface area contributed by atoms with Gasteiger partial charge in [0.2, 0.25) is 0 Å². The fraction of sp³-hybridized carbons (Fsp3) is 0.312. The molecule has 3 nitrogen and oxygen atoms in total. The molecule has 1 N–H and O–H groups in total. The van der Waals surface area contributed by atoms with Crippen molar-refractivity contribution in [2.75, 3.05) is 13.7 Å². The van der Waals surface area contributed by atoms with Gasteiger partial charge in [0, 0.05) is 9.77 Å². The van der Waals surface area contributed by atoms with Crippen molar-refractivity contribution in [3.63, 3.8) is 0 Å². The molecule has 0 radical (unpaired) electrons. The lowest BCUT2D eigenvalue weighted by Gasteiger charge is -2.21. The zero-order valence-corrected chi connectivity index (χ0v) is 14.2. The Balaban J connectivity index is 2.41. The summed E-state index contributed by atoms with van der Waals surface area (Å²) in [5.74, 6) is 0.495. The Kier molecular flexibility index (Phi) is 5.93. The average molecular weight is 400 g/mol. The van der Waals surface area contributed by atoms with E-state index < -0.39 is 0 Å². The van der Waals surface area contributed by atoms with Crippen LogP contribution in [-0.2, 0) is 0 Å². The first-order valence-corrected chi connectivity index (χ1v) is 7.90. The van der Waals surface area contributed by atoms with Gasteiger partial charge in [-0.1, -0.05) is 13.0 Å². The molecule has 0 aliphatic rings. The summed E-state index contributed by atoms with van der Waals surface area (Å²) in [7, 11) is 1.62. The Morgan fingerprint density at radius 3 is 2.81 bits per heavy atom. The summed E-state index contributed by atoms with van der Waals surface area (Å²) in [6, 6.07) is 6.79. The Bertz CT molecular complexity index is 607. The van der Waals surface area contributed by atoms with Crippen LogP contribution in [0, 0.1) is 9.39 Å². The highest BCUT2D eigenvalue weighted by molar-refractivity contribution is 14.1. The number of aromatic nitrogens is 1. The maximum atomic E-state index is 13.3. The lowest BCUT2D eigenvalue weighted by atomic mass is 10.00. The van der Waals surface area contributed by atoms with Gasteiger partial charge in [-0.15, -0.1) is 0 Å². The zero-order chi connectivity index (χ0) is 15.2. The monoisotopic (exact) mass is 400 g/mol. The third-order valence-electron chi connectivity index (χ3n) is 3.18. The predicted molar refractivity (Wildman–Crippen MR) is 90.0 cm³/mol. The van der Waals surface area contributed by atoms with Gasteiger partial charge in [-0.05, 0) is 64.9 Å². The molecule has 21 heavy (non-hydrogen) atoms. The smallest absolute Gasteiger partial charge is 0.137 e. The second kappa shape index (κ2) is 7.70. The lowest BCUT2D eigenvalue weighted by molar-refractivity contribution is 0.411. The molecule has 1 heterocycles. The first-order valence-electron chi connectivity index (χ1n) is 6.83. The number of nitrogens with zero attached hydrogens (tertiary/aromatic N) is 1. The van der Waals surface area contributed by atoms with Gasteiger partial charge in [-0.3, -0.25) is 4.98 Å². The molecule has 1 unspecified atom stereocenters. The average Bonchev–Trinajstić information content (AvgIpc) is 2.49. The van der Waals surface area contributed by atoms with E-state index in [0.29, 0.717) is 5.75 Å². The molecule has 0 bridgehead atoms. The SMILES string of the molecule is CCCNC(c1cncc(OC)c1)c1ccc(F)cc1I. The summed E-state index contributed by atoms with van der Waals surface area (Å²) < 4.78 is 19.5. The largest absolute Gasteiger partial charge is 0.495 e. The van der Waals surface area contributed by atoms with Gasteiger partial charge in [0.05, 0.1) is 19.3 Å². The first kappa shape index (κ1) is 16.2. The Morgan fingerprint density at radius 2 is 2.14 bits per heavy atom. The molecule has 112 valence electrons. The maximum Gasteiger partial charge on any atom is 0.137 e. The molecule has 0 spiro atoms. The highest BCUT2D eigenvalue weighted by Gasteiger charge is 2.17. The molecule has 0 aliphatic carbocycles. The van der Waals surface area contributed by atoms with E-state index in [0.717, 1.165) is 27.7 Å². The summed E-state index contributed by atoms with van der Waals surface area (Å²) in [6.45, 7) is 2.98. The van der Waals surface area contributed by atoms with Gasteiger partial charge >= 0.3 is 0 Å². The number of ether oxygens (including phenoxy) is 1. The fourth-order valence-electron chi connectivity index (χ4n) is 2.14. The summed E-state index contributed by atoms with van der Waals surface area (Å²) in [6.07, 6.45) is 4.51. The number of nitrogens with one attached hydrogen (secondary N) is 1. The predicted octanol–water partition coefficient (Wildman–Crippen LogP) is 3.92. The second-order valence-corrected chi connectivity index (χ2v) is 5.87. The van der Waals surface area contributed by atoms with Crippen LogP contribution in [0.25, 0.3) is 0 Å². The number of halogens is 2. The van der Waals surface area contributed by atoms with Crippen LogP contribution in [0.15, 0.2) is 36.7 Å². The van der Waals surface area contributed by atoms with E-state index >= 15 is 0 Å². The van der Waals surface area contributed by atoms with Crippen LogP contribution in [0.2, 0.25) is 0 Å². The van der Waals surface area contributed by atoms with Crippen LogP contribution >= 0.6 is 22.6 Å². The Morgan fingerprint density at radius 1 is 1.33 bits per heavy atom. The molecule has 5 heteroatoms. The number of hydrogen-bond donors (Lipinski definition) is 1. The van der Waals surface area contributed by atoms with Gasteiger partial charge in [0.1, 0.15) is 11.6 Å². The number of benzene rings is 1. The van der Waals surface area contributed by atoms with Crippen molar-refractivity contribution in [3.8, 4) is 5.75 Å². The zero-order valence-electron chi connectivity index (χ0n) is 12.1. The van der Waals surface area contributed by atoms with E-state index in [2.05, 4.69) is 39.8 Å². The number of pyridine rings is 1. The molecule has 1 aromatic carbocycles. The number of rotatable bonds is 6. The molecule has 2 aromatic rings. The lowest BCUT2D eigenvalue weighted by Crippen LogP contribution is -2.24. The number of hydrogen-bond acceptors (Lipinski definition) is 3.